The second kappa shape index (κ2) is 9.55. The first-order chi connectivity index (χ1) is 13.7. The van der Waals surface area contributed by atoms with E-state index in [0.29, 0.717) is 17.9 Å². The van der Waals surface area contributed by atoms with Crippen LogP contribution in [-0.4, -0.2) is 24.5 Å². The van der Waals surface area contributed by atoms with Crippen LogP contribution in [0.2, 0.25) is 0 Å². The van der Waals surface area contributed by atoms with Crippen molar-refractivity contribution in [3.05, 3.63) is 83.6 Å². The molecule has 2 aromatic carbocycles. The van der Waals surface area contributed by atoms with E-state index in [1.807, 2.05) is 48.5 Å². The van der Waals surface area contributed by atoms with Crippen molar-refractivity contribution in [3.8, 4) is 5.75 Å². The van der Waals surface area contributed by atoms with Crippen LogP contribution in [0.25, 0.3) is 0 Å². The number of aryl methyl sites for hydroxylation is 1. The summed E-state index contributed by atoms with van der Waals surface area (Å²) < 4.78 is 5.22. The second-order valence-corrected chi connectivity index (χ2v) is 6.43. The van der Waals surface area contributed by atoms with E-state index >= 15 is 0 Å². The number of amides is 1. The van der Waals surface area contributed by atoms with Gasteiger partial charge in [-0.3, -0.25) is 4.79 Å². The molecule has 0 aliphatic carbocycles. The fraction of sp³-hybridized carbons (Fsp3) is 0.217. The highest BCUT2D eigenvalue weighted by molar-refractivity contribution is 5.94. The van der Waals surface area contributed by atoms with Gasteiger partial charge in [0.2, 0.25) is 0 Å². The third kappa shape index (κ3) is 5.10. The number of hydrogen-bond donors (Lipinski definition) is 2. The predicted octanol–water partition coefficient (Wildman–Crippen LogP) is 4.37. The lowest BCUT2D eigenvalue weighted by atomic mass is 10.1. The Balaban J connectivity index is 1.54. The molecule has 5 heteroatoms. The average molecular weight is 375 g/mol. The van der Waals surface area contributed by atoms with Crippen molar-refractivity contribution in [2.24, 2.45) is 0 Å². The van der Waals surface area contributed by atoms with Gasteiger partial charge >= 0.3 is 0 Å². The van der Waals surface area contributed by atoms with E-state index in [4.69, 9.17) is 4.74 Å². The standard InChI is InChI=1S/C23H25N3O2/c1-3-18-8-4-5-10-21(18)26-22-12-11-19(16-25-22)23(27)24-14-13-17-7-6-9-20(15-17)28-2/h4-12,15-16H,3,13-14H2,1-2H3,(H,24,27)(H,25,26). The summed E-state index contributed by atoms with van der Waals surface area (Å²) in [6.07, 6.45) is 3.28. The molecule has 0 spiro atoms. The molecule has 144 valence electrons. The number of methoxy groups -OCH3 is 1. The van der Waals surface area contributed by atoms with Crippen molar-refractivity contribution in [1.82, 2.24) is 10.3 Å². The molecule has 1 heterocycles. The van der Waals surface area contributed by atoms with Crippen molar-refractivity contribution < 1.29 is 9.53 Å². The van der Waals surface area contributed by atoms with E-state index in [1.54, 1.807) is 19.4 Å². The third-order valence-electron chi connectivity index (χ3n) is 4.52. The van der Waals surface area contributed by atoms with Gasteiger partial charge in [0.1, 0.15) is 11.6 Å². The molecule has 0 fully saturated rings. The van der Waals surface area contributed by atoms with Crippen LogP contribution in [-0.2, 0) is 12.8 Å². The molecule has 1 aromatic heterocycles. The van der Waals surface area contributed by atoms with E-state index in [1.165, 1.54) is 5.56 Å². The van der Waals surface area contributed by atoms with Gasteiger partial charge in [-0.05, 0) is 54.3 Å². The van der Waals surface area contributed by atoms with Gasteiger partial charge in [0.25, 0.3) is 5.91 Å². The lowest BCUT2D eigenvalue weighted by Gasteiger charge is -2.11. The predicted molar refractivity (Wildman–Crippen MR) is 112 cm³/mol. The maximum Gasteiger partial charge on any atom is 0.252 e. The highest BCUT2D eigenvalue weighted by Crippen LogP contribution is 2.20. The van der Waals surface area contributed by atoms with Gasteiger partial charge < -0.3 is 15.4 Å². The van der Waals surface area contributed by atoms with Crippen LogP contribution < -0.4 is 15.4 Å². The van der Waals surface area contributed by atoms with Crippen molar-refractivity contribution in [2.75, 3.05) is 19.0 Å². The number of nitrogens with one attached hydrogen (secondary N) is 2. The van der Waals surface area contributed by atoms with Crippen LogP contribution >= 0.6 is 0 Å². The quantitative estimate of drug-likeness (QED) is 0.614. The molecule has 0 radical (unpaired) electrons. The van der Waals surface area contributed by atoms with Crippen molar-refractivity contribution in [3.63, 3.8) is 0 Å². The monoisotopic (exact) mass is 375 g/mol. The third-order valence-corrected chi connectivity index (χ3v) is 4.52. The lowest BCUT2D eigenvalue weighted by Crippen LogP contribution is -2.25. The fourth-order valence-electron chi connectivity index (χ4n) is 2.94. The summed E-state index contributed by atoms with van der Waals surface area (Å²) >= 11 is 0. The number of nitrogens with zero attached hydrogens (tertiary/aromatic N) is 1. The molecule has 2 N–H and O–H groups in total. The Morgan fingerprint density at radius 2 is 1.93 bits per heavy atom. The van der Waals surface area contributed by atoms with Gasteiger partial charge in [-0.2, -0.15) is 0 Å². The van der Waals surface area contributed by atoms with E-state index < -0.39 is 0 Å². The Labute approximate surface area is 165 Å². The molecule has 0 aliphatic rings. The van der Waals surface area contributed by atoms with Crippen LogP contribution in [0.1, 0.15) is 28.4 Å². The molecular formula is C23H25N3O2. The Morgan fingerprint density at radius 3 is 2.68 bits per heavy atom. The van der Waals surface area contributed by atoms with Gasteiger partial charge in [-0.25, -0.2) is 4.98 Å². The summed E-state index contributed by atoms with van der Waals surface area (Å²) in [4.78, 5) is 16.7. The highest BCUT2D eigenvalue weighted by atomic mass is 16.5. The zero-order valence-corrected chi connectivity index (χ0v) is 16.2. The number of ether oxygens (including phenoxy) is 1. The molecule has 0 aliphatic heterocycles. The summed E-state index contributed by atoms with van der Waals surface area (Å²) in [6.45, 7) is 2.67. The minimum Gasteiger partial charge on any atom is -0.497 e. The topological polar surface area (TPSA) is 63.2 Å². The summed E-state index contributed by atoms with van der Waals surface area (Å²) in [5, 5.41) is 6.24. The average Bonchev–Trinajstić information content (AvgIpc) is 2.74. The maximum atomic E-state index is 12.3. The van der Waals surface area contributed by atoms with E-state index in [9.17, 15) is 4.79 Å². The molecular weight excluding hydrogens is 350 g/mol. The van der Waals surface area contributed by atoms with Gasteiger partial charge in [-0.1, -0.05) is 37.3 Å². The lowest BCUT2D eigenvalue weighted by molar-refractivity contribution is 0.0954. The fourth-order valence-corrected chi connectivity index (χ4v) is 2.94. The Morgan fingerprint density at radius 1 is 1.07 bits per heavy atom. The van der Waals surface area contributed by atoms with E-state index in [2.05, 4.69) is 28.6 Å². The molecule has 5 nitrogen and oxygen atoms in total. The van der Waals surface area contributed by atoms with Crippen LogP contribution in [0.5, 0.6) is 5.75 Å². The minimum absolute atomic E-state index is 0.129. The molecule has 3 aromatic rings. The van der Waals surface area contributed by atoms with Crippen LogP contribution in [0.15, 0.2) is 66.9 Å². The zero-order chi connectivity index (χ0) is 19.8. The van der Waals surface area contributed by atoms with Crippen molar-refractivity contribution in [2.45, 2.75) is 19.8 Å². The Hall–Kier alpha value is -3.34. The summed E-state index contributed by atoms with van der Waals surface area (Å²) in [5.41, 5.74) is 3.92. The number of carbonyl (C=O) groups excluding carboxylic acids is 1. The number of pyridine rings is 1. The van der Waals surface area contributed by atoms with Crippen LogP contribution in [0.4, 0.5) is 11.5 Å². The van der Waals surface area contributed by atoms with E-state index in [0.717, 1.165) is 29.8 Å². The maximum absolute atomic E-state index is 12.3. The molecule has 3 rings (SSSR count). The zero-order valence-electron chi connectivity index (χ0n) is 16.2. The van der Waals surface area contributed by atoms with Gasteiger partial charge in [0.15, 0.2) is 0 Å². The van der Waals surface area contributed by atoms with Gasteiger partial charge in [-0.15, -0.1) is 0 Å². The number of anilines is 2. The number of hydrogen-bond acceptors (Lipinski definition) is 4. The molecule has 0 unspecified atom stereocenters. The second-order valence-electron chi connectivity index (χ2n) is 6.43. The highest BCUT2D eigenvalue weighted by Gasteiger charge is 2.07. The number of benzene rings is 2. The summed E-state index contributed by atoms with van der Waals surface area (Å²) in [6, 6.07) is 19.6. The molecule has 0 bridgehead atoms. The number of para-hydroxylation sites is 1. The molecule has 1 amide bonds. The normalized spacial score (nSPS) is 10.4. The largest absolute Gasteiger partial charge is 0.497 e. The van der Waals surface area contributed by atoms with Crippen molar-refractivity contribution >= 4 is 17.4 Å². The van der Waals surface area contributed by atoms with Crippen LogP contribution in [0, 0.1) is 0 Å². The molecule has 0 saturated carbocycles. The first-order valence-corrected chi connectivity index (χ1v) is 9.41. The summed E-state index contributed by atoms with van der Waals surface area (Å²) in [7, 11) is 1.65. The molecule has 0 saturated heterocycles. The Kier molecular flexibility index (Phi) is 6.63. The Bertz CT molecular complexity index is 923. The smallest absolute Gasteiger partial charge is 0.252 e. The number of aromatic nitrogens is 1. The minimum atomic E-state index is -0.129. The summed E-state index contributed by atoms with van der Waals surface area (Å²) in [5.74, 6) is 1.41. The van der Waals surface area contributed by atoms with Crippen LogP contribution in [0.3, 0.4) is 0 Å². The number of rotatable bonds is 8. The van der Waals surface area contributed by atoms with Gasteiger partial charge in [0, 0.05) is 18.4 Å². The number of carbonyl (C=O) groups is 1. The first-order valence-electron chi connectivity index (χ1n) is 9.41. The molecule has 28 heavy (non-hydrogen) atoms. The first kappa shape index (κ1) is 19.4. The van der Waals surface area contributed by atoms with E-state index in [-0.39, 0.29) is 5.91 Å². The van der Waals surface area contributed by atoms with Crippen molar-refractivity contribution in [1.29, 1.82) is 0 Å². The molecule has 0 atom stereocenters. The SMILES string of the molecule is CCc1ccccc1Nc1ccc(C(=O)NCCc2cccc(OC)c2)cn1. The van der Waals surface area contributed by atoms with Gasteiger partial charge in [0.05, 0.1) is 12.7 Å².